The predicted molar refractivity (Wildman–Crippen MR) is 98.0 cm³/mol. The SMILES string of the molecule is Cc1ccc(-c2csc(SCC(=O)Nc3cc(F)ccc3F)n2)cc1. The van der Waals surface area contributed by atoms with Crippen LogP contribution in [0.3, 0.4) is 0 Å². The zero-order valence-corrected chi connectivity index (χ0v) is 14.9. The molecule has 128 valence electrons. The smallest absolute Gasteiger partial charge is 0.234 e. The van der Waals surface area contributed by atoms with Crippen molar-refractivity contribution in [2.24, 2.45) is 0 Å². The molecule has 1 aromatic heterocycles. The van der Waals surface area contributed by atoms with Crippen LogP contribution in [-0.2, 0) is 4.79 Å². The largest absolute Gasteiger partial charge is 0.323 e. The number of benzene rings is 2. The molecule has 0 atom stereocenters. The lowest BCUT2D eigenvalue weighted by Crippen LogP contribution is -2.15. The second-order valence-electron chi connectivity index (χ2n) is 5.33. The van der Waals surface area contributed by atoms with Crippen LogP contribution >= 0.6 is 23.1 Å². The van der Waals surface area contributed by atoms with Crippen molar-refractivity contribution in [1.82, 2.24) is 4.98 Å². The Hall–Kier alpha value is -2.25. The predicted octanol–water partition coefficient (Wildman–Crippen LogP) is 5.13. The number of anilines is 1. The van der Waals surface area contributed by atoms with E-state index in [1.807, 2.05) is 36.6 Å². The molecule has 3 rings (SSSR count). The fourth-order valence-electron chi connectivity index (χ4n) is 2.09. The Labute approximate surface area is 152 Å². The monoisotopic (exact) mass is 376 g/mol. The van der Waals surface area contributed by atoms with Gasteiger partial charge in [-0.15, -0.1) is 11.3 Å². The number of rotatable bonds is 5. The standard InChI is InChI=1S/C18H14F2N2OS2/c1-11-2-4-12(5-3-11)16-9-24-18(22-16)25-10-17(23)21-15-8-13(19)6-7-14(15)20/h2-9H,10H2,1H3,(H,21,23). The van der Waals surface area contributed by atoms with Crippen molar-refractivity contribution in [3.8, 4) is 11.3 Å². The number of aromatic nitrogens is 1. The summed E-state index contributed by atoms with van der Waals surface area (Å²) in [6.45, 7) is 2.02. The van der Waals surface area contributed by atoms with Crippen molar-refractivity contribution in [1.29, 1.82) is 0 Å². The number of nitrogens with zero attached hydrogens (tertiary/aromatic N) is 1. The van der Waals surface area contributed by atoms with Gasteiger partial charge in [0, 0.05) is 17.0 Å². The first-order valence-corrected chi connectivity index (χ1v) is 9.28. The summed E-state index contributed by atoms with van der Waals surface area (Å²) in [6.07, 6.45) is 0. The van der Waals surface area contributed by atoms with Gasteiger partial charge >= 0.3 is 0 Å². The first kappa shape index (κ1) is 17.6. The molecule has 25 heavy (non-hydrogen) atoms. The van der Waals surface area contributed by atoms with E-state index in [1.165, 1.54) is 28.7 Å². The van der Waals surface area contributed by atoms with Gasteiger partial charge in [-0.05, 0) is 19.1 Å². The van der Waals surface area contributed by atoms with Crippen molar-refractivity contribution in [2.75, 3.05) is 11.1 Å². The van der Waals surface area contributed by atoms with Crippen molar-refractivity contribution >= 4 is 34.7 Å². The highest BCUT2D eigenvalue weighted by atomic mass is 32.2. The maximum atomic E-state index is 13.5. The highest BCUT2D eigenvalue weighted by Gasteiger charge is 2.11. The molecule has 0 spiro atoms. The lowest BCUT2D eigenvalue weighted by molar-refractivity contribution is -0.113. The molecule has 1 N–H and O–H groups in total. The summed E-state index contributed by atoms with van der Waals surface area (Å²) >= 11 is 2.70. The molecular weight excluding hydrogens is 362 g/mol. The van der Waals surface area contributed by atoms with Crippen molar-refractivity contribution in [2.45, 2.75) is 11.3 Å². The summed E-state index contributed by atoms with van der Waals surface area (Å²) in [5.74, 6) is -1.62. The van der Waals surface area contributed by atoms with E-state index in [2.05, 4.69) is 10.3 Å². The van der Waals surface area contributed by atoms with Gasteiger partial charge in [-0.2, -0.15) is 0 Å². The highest BCUT2D eigenvalue weighted by molar-refractivity contribution is 8.01. The zero-order chi connectivity index (χ0) is 17.8. The Morgan fingerprint density at radius 1 is 1.20 bits per heavy atom. The minimum atomic E-state index is -0.671. The van der Waals surface area contributed by atoms with Crippen molar-refractivity contribution in [3.05, 3.63) is 65.0 Å². The fraction of sp³-hybridized carbons (Fsp3) is 0.111. The van der Waals surface area contributed by atoms with Crippen LogP contribution in [0.1, 0.15) is 5.56 Å². The van der Waals surface area contributed by atoms with Crippen LogP contribution in [0.2, 0.25) is 0 Å². The third-order valence-corrected chi connectivity index (χ3v) is 5.38. The Morgan fingerprint density at radius 2 is 1.96 bits per heavy atom. The zero-order valence-electron chi connectivity index (χ0n) is 13.3. The minimum Gasteiger partial charge on any atom is -0.323 e. The molecule has 3 nitrogen and oxygen atoms in total. The Kier molecular flexibility index (Phi) is 5.45. The molecule has 0 fully saturated rings. The van der Waals surface area contributed by atoms with Gasteiger partial charge in [-0.1, -0.05) is 41.6 Å². The fourth-order valence-corrected chi connectivity index (χ4v) is 3.72. The van der Waals surface area contributed by atoms with E-state index in [9.17, 15) is 13.6 Å². The summed E-state index contributed by atoms with van der Waals surface area (Å²) in [5.41, 5.74) is 2.88. The Bertz CT molecular complexity index is 894. The lowest BCUT2D eigenvalue weighted by atomic mass is 10.1. The molecule has 0 aliphatic carbocycles. The second-order valence-corrected chi connectivity index (χ2v) is 7.41. The highest BCUT2D eigenvalue weighted by Crippen LogP contribution is 2.28. The van der Waals surface area contributed by atoms with Gasteiger partial charge in [0.25, 0.3) is 0 Å². The van der Waals surface area contributed by atoms with Crippen LogP contribution in [-0.4, -0.2) is 16.6 Å². The molecule has 0 unspecified atom stereocenters. The number of nitrogens with one attached hydrogen (secondary N) is 1. The van der Waals surface area contributed by atoms with E-state index in [1.54, 1.807) is 0 Å². The lowest BCUT2D eigenvalue weighted by Gasteiger charge is -2.05. The average Bonchev–Trinajstić information content (AvgIpc) is 3.06. The molecule has 0 aliphatic rings. The molecule has 7 heteroatoms. The van der Waals surface area contributed by atoms with E-state index in [-0.39, 0.29) is 11.4 Å². The quantitative estimate of drug-likeness (QED) is 0.628. The molecule has 0 aliphatic heterocycles. The number of halogens is 2. The van der Waals surface area contributed by atoms with E-state index >= 15 is 0 Å². The van der Waals surface area contributed by atoms with E-state index in [4.69, 9.17) is 0 Å². The number of carbonyl (C=O) groups excluding carboxylic acids is 1. The number of hydrogen-bond donors (Lipinski definition) is 1. The van der Waals surface area contributed by atoms with Gasteiger partial charge in [-0.3, -0.25) is 4.79 Å². The van der Waals surface area contributed by atoms with Gasteiger partial charge in [0.15, 0.2) is 4.34 Å². The van der Waals surface area contributed by atoms with Crippen LogP contribution in [0.5, 0.6) is 0 Å². The van der Waals surface area contributed by atoms with E-state index < -0.39 is 17.5 Å². The van der Waals surface area contributed by atoms with Crippen LogP contribution in [0.25, 0.3) is 11.3 Å². The first-order chi connectivity index (χ1) is 12.0. The van der Waals surface area contributed by atoms with Gasteiger partial charge in [0.05, 0.1) is 17.1 Å². The molecular formula is C18H14F2N2OS2. The third-order valence-electron chi connectivity index (χ3n) is 3.36. The van der Waals surface area contributed by atoms with Gasteiger partial charge < -0.3 is 5.32 Å². The van der Waals surface area contributed by atoms with E-state index in [0.717, 1.165) is 33.8 Å². The number of amides is 1. The van der Waals surface area contributed by atoms with Crippen LogP contribution < -0.4 is 5.32 Å². The third kappa shape index (κ3) is 4.64. The van der Waals surface area contributed by atoms with Crippen LogP contribution in [0.15, 0.2) is 52.2 Å². The Balaban J connectivity index is 1.59. The number of hydrogen-bond acceptors (Lipinski definition) is 4. The molecule has 3 aromatic rings. The number of thiazole rings is 1. The summed E-state index contributed by atoms with van der Waals surface area (Å²) in [6, 6.07) is 11.0. The molecule has 2 aromatic carbocycles. The molecule has 0 saturated carbocycles. The first-order valence-electron chi connectivity index (χ1n) is 7.41. The van der Waals surface area contributed by atoms with E-state index in [0.29, 0.717) is 0 Å². The number of carbonyl (C=O) groups is 1. The van der Waals surface area contributed by atoms with Crippen molar-refractivity contribution < 1.29 is 13.6 Å². The van der Waals surface area contributed by atoms with Gasteiger partial charge in [-0.25, -0.2) is 13.8 Å². The number of thioether (sulfide) groups is 1. The van der Waals surface area contributed by atoms with Crippen LogP contribution in [0.4, 0.5) is 14.5 Å². The topological polar surface area (TPSA) is 42.0 Å². The van der Waals surface area contributed by atoms with Gasteiger partial charge in [0.1, 0.15) is 11.6 Å². The van der Waals surface area contributed by atoms with Crippen LogP contribution in [0, 0.1) is 18.6 Å². The maximum absolute atomic E-state index is 13.5. The normalized spacial score (nSPS) is 10.7. The molecule has 0 saturated heterocycles. The molecule has 1 amide bonds. The summed E-state index contributed by atoms with van der Waals surface area (Å²) in [4.78, 5) is 16.4. The summed E-state index contributed by atoms with van der Waals surface area (Å²) < 4.78 is 27.4. The maximum Gasteiger partial charge on any atom is 0.234 e. The summed E-state index contributed by atoms with van der Waals surface area (Å²) in [5, 5.41) is 4.30. The second kappa shape index (κ2) is 7.76. The Morgan fingerprint density at radius 3 is 2.72 bits per heavy atom. The van der Waals surface area contributed by atoms with Crippen molar-refractivity contribution in [3.63, 3.8) is 0 Å². The summed E-state index contributed by atoms with van der Waals surface area (Å²) in [7, 11) is 0. The molecule has 0 radical (unpaired) electrons. The van der Waals surface area contributed by atoms with Gasteiger partial charge in [0.2, 0.25) is 5.91 Å². The molecule has 0 bridgehead atoms. The minimum absolute atomic E-state index is 0.0663. The number of aryl methyl sites for hydroxylation is 1. The molecule has 1 heterocycles. The average molecular weight is 376 g/mol.